The van der Waals surface area contributed by atoms with Crippen molar-refractivity contribution in [3.05, 3.63) is 65.5 Å². The Kier molecular flexibility index (Phi) is 3.23. The third-order valence-electron chi connectivity index (χ3n) is 3.51. The normalized spacial score (nSPS) is 16.0. The molecule has 3 rings (SSSR count). The Morgan fingerprint density at radius 3 is 2.86 bits per heavy atom. The largest absolute Gasteiger partial charge is 0.492 e. The van der Waals surface area contributed by atoms with Gasteiger partial charge in [-0.2, -0.15) is 5.26 Å². The van der Waals surface area contributed by atoms with Crippen LogP contribution in [0.25, 0.3) is 5.57 Å². The number of nitrogens with zero attached hydrogens (tertiary/aromatic N) is 2. The molecule has 0 spiro atoms. The summed E-state index contributed by atoms with van der Waals surface area (Å²) in [5, 5.41) is 9.15. The van der Waals surface area contributed by atoms with E-state index in [9.17, 15) is 0 Å². The number of ether oxygens (including phenoxy) is 1. The zero-order valence-electron chi connectivity index (χ0n) is 12.1. The van der Waals surface area contributed by atoms with Crippen LogP contribution in [0.5, 0.6) is 5.75 Å². The lowest BCUT2D eigenvalue weighted by Gasteiger charge is -2.18. The quantitative estimate of drug-likeness (QED) is 0.795. The Morgan fingerprint density at radius 1 is 1.29 bits per heavy atom. The fraction of sp³-hybridized carbons (Fsp3) is 0.222. The summed E-state index contributed by atoms with van der Waals surface area (Å²) in [5.41, 5.74) is 3.60. The minimum absolute atomic E-state index is 0.0863. The predicted molar refractivity (Wildman–Crippen MR) is 81.7 cm³/mol. The third kappa shape index (κ3) is 2.66. The molecule has 3 heteroatoms. The molecule has 1 aliphatic rings. The molecule has 2 aromatic rings. The maximum absolute atomic E-state index is 9.15. The summed E-state index contributed by atoms with van der Waals surface area (Å²) in [5.74, 6) is 0.815. The topological polar surface area (TPSA) is 45.9 Å². The summed E-state index contributed by atoms with van der Waals surface area (Å²) >= 11 is 0. The van der Waals surface area contributed by atoms with Gasteiger partial charge in [-0.05, 0) is 29.8 Å². The van der Waals surface area contributed by atoms with E-state index in [2.05, 4.69) is 31.0 Å². The first-order valence-corrected chi connectivity index (χ1v) is 6.90. The Morgan fingerprint density at radius 2 is 2.14 bits per heavy atom. The second-order valence-corrected chi connectivity index (χ2v) is 5.90. The lowest BCUT2D eigenvalue weighted by atomic mass is 9.88. The number of hydrogen-bond donors (Lipinski definition) is 0. The summed E-state index contributed by atoms with van der Waals surface area (Å²) in [6, 6.07) is 11.7. The highest BCUT2D eigenvalue weighted by molar-refractivity contribution is 5.83. The van der Waals surface area contributed by atoms with Gasteiger partial charge in [0.2, 0.25) is 0 Å². The van der Waals surface area contributed by atoms with Crippen molar-refractivity contribution in [2.45, 2.75) is 13.8 Å². The van der Waals surface area contributed by atoms with Crippen molar-refractivity contribution in [2.24, 2.45) is 5.41 Å². The van der Waals surface area contributed by atoms with Crippen molar-refractivity contribution in [3.8, 4) is 11.8 Å². The van der Waals surface area contributed by atoms with Gasteiger partial charge in [-0.3, -0.25) is 4.98 Å². The molecule has 104 valence electrons. The van der Waals surface area contributed by atoms with E-state index in [4.69, 9.17) is 10.00 Å². The molecule has 2 heterocycles. The van der Waals surface area contributed by atoms with Gasteiger partial charge in [0.05, 0.1) is 18.2 Å². The molecular formula is C18H16N2O. The average Bonchev–Trinajstić information content (AvgIpc) is 2.64. The van der Waals surface area contributed by atoms with Gasteiger partial charge in [0.1, 0.15) is 5.75 Å². The van der Waals surface area contributed by atoms with Crippen molar-refractivity contribution < 1.29 is 4.74 Å². The number of aromatic nitrogens is 1. The van der Waals surface area contributed by atoms with Crippen LogP contribution in [0.4, 0.5) is 0 Å². The molecule has 0 saturated carbocycles. The molecular weight excluding hydrogens is 260 g/mol. The molecule has 1 aliphatic heterocycles. The van der Waals surface area contributed by atoms with E-state index in [0.717, 1.165) is 22.4 Å². The zero-order valence-corrected chi connectivity index (χ0v) is 12.1. The van der Waals surface area contributed by atoms with Crippen LogP contribution < -0.4 is 4.74 Å². The second kappa shape index (κ2) is 5.06. The van der Waals surface area contributed by atoms with Crippen molar-refractivity contribution in [2.75, 3.05) is 6.61 Å². The zero-order chi connectivity index (χ0) is 14.9. The van der Waals surface area contributed by atoms with Crippen LogP contribution in [-0.2, 0) is 0 Å². The molecule has 0 amide bonds. The summed E-state index contributed by atoms with van der Waals surface area (Å²) in [6.45, 7) is 4.89. The molecule has 3 nitrogen and oxygen atoms in total. The molecule has 0 atom stereocenters. The summed E-state index contributed by atoms with van der Waals surface area (Å²) < 4.78 is 5.93. The van der Waals surface area contributed by atoms with Crippen LogP contribution >= 0.6 is 0 Å². The Labute approximate surface area is 124 Å². The molecule has 0 radical (unpaired) electrons. The monoisotopic (exact) mass is 276 g/mol. The van der Waals surface area contributed by atoms with Crippen molar-refractivity contribution in [1.82, 2.24) is 4.98 Å². The first-order chi connectivity index (χ1) is 10.1. The molecule has 0 unspecified atom stereocenters. The van der Waals surface area contributed by atoms with E-state index in [1.165, 1.54) is 0 Å². The van der Waals surface area contributed by atoms with Gasteiger partial charge in [-0.25, -0.2) is 0 Å². The molecule has 0 saturated heterocycles. The van der Waals surface area contributed by atoms with E-state index in [1.54, 1.807) is 12.3 Å². The SMILES string of the molecule is CC1(C)C=C(c2cccnc2)c2cc(C#N)ccc2OC1. The smallest absolute Gasteiger partial charge is 0.127 e. The first kappa shape index (κ1) is 13.4. The van der Waals surface area contributed by atoms with Crippen LogP contribution in [0.3, 0.4) is 0 Å². The molecule has 1 aromatic carbocycles. The van der Waals surface area contributed by atoms with E-state index in [-0.39, 0.29) is 5.41 Å². The third-order valence-corrected chi connectivity index (χ3v) is 3.51. The highest BCUT2D eigenvalue weighted by Gasteiger charge is 2.24. The van der Waals surface area contributed by atoms with Gasteiger partial charge in [0, 0.05) is 28.9 Å². The minimum atomic E-state index is -0.0863. The number of hydrogen-bond acceptors (Lipinski definition) is 3. The Hall–Kier alpha value is -2.60. The van der Waals surface area contributed by atoms with Crippen LogP contribution in [0, 0.1) is 16.7 Å². The summed E-state index contributed by atoms with van der Waals surface area (Å²) in [7, 11) is 0. The van der Waals surface area contributed by atoms with E-state index in [0.29, 0.717) is 12.2 Å². The minimum Gasteiger partial charge on any atom is -0.492 e. The first-order valence-electron chi connectivity index (χ1n) is 6.90. The maximum Gasteiger partial charge on any atom is 0.127 e. The van der Waals surface area contributed by atoms with E-state index >= 15 is 0 Å². The molecule has 0 aliphatic carbocycles. The highest BCUT2D eigenvalue weighted by Crippen LogP contribution is 2.38. The number of fused-ring (bicyclic) bond motifs is 1. The van der Waals surface area contributed by atoms with Gasteiger partial charge in [-0.1, -0.05) is 26.0 Å². The Bertz CT molecular complexity index is 740. The number of nitriles is 1. The van der Waals surface area contributed by atoms with Crippen molar-refractivity contribution >= 4 is 5.57 Å². The van der Waals surface area contributed by atoms with Crippen molar-refractivity contribution in [3.63, 3.8) is 0 Å². The standard InChI is InChI=1S/C18H16N2O/c1-18(2)9-16(14-4-3-7-20-11-14)15-8-13(10-19)5-6-17(15)21-12-18/h3-9,11H,12H2,1-2H3. The summed E-state index contributed by atoms with van der Waals surface area (Å²) in [4.78, 5) is 4.21. The fourth-order valence-corrected chi connectivity index (χ4v) is 2.47. The molecule has 0 bridgehead atoms. The van der Waals surface area contributed by atoms with Gasteiger partial charge >= 0.3 is 0 Å². The Balaban J connectivity index is 2.24. The molecule has 0 fully saturated rings. The van der Waals surface area contributed by atoms with Crippen LogP contribution in [0.1, 0.15) is 30.5 Å². The predicted octanol–water partition coefficient (Wildman–Crippen LogP) is 3.80. The lowest BCUT2D eigenvalue weighted by molar-refractivity contribution is 0.225. The van der Waals surface area contributed by atoms with Gasteiger partial charge in [0.15, 0.2) is 0 Å². The second-order valence-electron chi connectivity index (χ2n) is 5.90. The van der Waals surface area contributed by atoms with Gasteiger partial charge in [0.25, 0.3) is 0 Å². The van der Waals surface area contributed by atoms with Crippen LogP contribution in [0.15, 0.2) is 48.8 Å². The number of rotatable bonds is 1. The number of pyridine rings is 1. The summed E-state index contributed by atoms with van der Waals surface area (Å²) in [6.07, 6.45) is 5.81. The van der Waals surface area contributed by atoms with Gasteiger partial charge < -0.3 is 4.74 Å². The van der Waals surface area contributed by atoms with Crippen LogP contribution in [-0.4, -0.2) is 11.6 Å². The maximum atomic E-state index is 9.15. The van der Waals surface area contributed by atoms with Gasteiger partial charge in [-0.15, -0.1) is 0 Å². The number of benzene rings is 1. The lowest BCUT2D eigenvalue weighted by Crippen LogP contribution is -2.17. The molecule has 1 aromatic heterocycles. The van der Waals surface area contributed by atoms with Crippen molar-refractivity contribution in [1.29, 1.82) is 5.26 Å². The van der Waals surface area contributed by atoms with E-state index < -0.39 is 0 Å². The fourth-order valence-electron chi connectivity index (χ4n) is 2.47. The molecule has 21 heavy (non-hydrogen) atoms. The van der Waals surface area contributed by atoms with E-state index in [1.807, 2.05) is 30.5 Å². The highest BCUT2D eigenvalue weighted by atomic mass is 16.5. The molecule has 0 N–H and O–H groups in total. The average molecular weight is 276 g/mol. The van der Waals surface area contributed by atoms with Crippen LogP contribution in [0.2, 0.25) is 0 Å².